The van der Waals surface area contributed by atoms with Crippen LogP contribution in [0.2, 0.25) is 0 Å². The first-order chi connectivity index (χ1) is 18.1. The zero-order chi connectivity index (χ0) is 25.6. The second-order valence-corrected chi connectivity index (χ2v) is 10.1. The van der Waals surface area contributed by atoms with E-state index in [1.54, 1.807) is 6.92 Å². The molecule has 0 aliphatic carbocycles. The van der Waals surface area contributed by atoms with Gasteiger partial charge in [0.25, 0.3) is 0 Å². The van der Waals surface area contributed by atoms with E-state index in [4.69, 9.17) is 4.74 Å². The molecule has 5 aromatic rings. The Balaban J connectivity index is 1.36. The van der Waals surface area contributed by atoms with Gasteiger partial charge in [-0.3, -0.25) is 4.79 Å². The molecule has 6 nitrogen and oxygen atoms in total. The minimum absolute atomic E-state index is 0.183. The van der Waals surface area contributed by atoms with E-state index < -0.39 is 5.97 Å². The molecule has 37 heavy (non-hydrogen) atoms. The summed E-state index contributed by atoms with van der Waals surface area (Å²) in [7, 11) is 0. The summed E-state index contributed by atoms with van der Waals surface area (Å²) in [4.78, 5) is 29.3. The predicted molar refractivity (Wildman–Crippen MR) is 149 cm³/mol. The van der Waals surface area contributed by atoms with E-state index in [0.29, 0.717) is 17.1 Å². The Bertz CT molecular complexity index is 1530. The standard InChI is InChI=1S/C29H25N3O3S2/c1-2-35-28(34)26-22(21-13-7-4-8-14-21)18-36-27(26)31-25(33)19-37-29-30-23-15-9-10-16-24(23)32(29)17-20-11-5-3-6-12-20/h3-16,18H,2,17,19H2,1H3,(H,31,33,34)/p+1. The number of anilines is 1. The maximum absolute atomic E-state index is 13.0. The van der Waals surface area contributed by atoms with Crippen LogP contribution in [-0.4, -0.2) is 29.2 Å². The second-order valence-electron chi connectivity index (χ2n) is 8.30. The molecule has 0 aliphatic heterocycles. The number of rotatable bonds is 9. The molecule has 0 aliphatic rings. The first kappa shape index (κ1) is 24.8. The lowest BCUT2D eigenvalue weighted by molar-refractivity contribution is -0.700. The van der Waals surface area contributed by atoms with Crippen molar-refractivity contribution in [1.82, 2.24) is 4.98 Å². The van der Waals surface area contributed by atoms with Gasteiger partial charge in [0, 0.05) is 10.9 Å². The lowest BCUT2D eigenvalue weighted by atomic mass is 10.0. The Labute approximate surface area is 223 Å². The summed E-state index contributed by atoms with van der Waals surface area (Å²) in [5, 5.41) is 6.22. The molecule has 0 spiro atoms. The normalized spacial score (nSPS) is 10.9. The summed E-state index contributed by atoms with van der Waals surface area (Å²) >= 11 is 2.76. The second kappa shape index (κ2) is 11.5. The molecular weight excluding hydrogens is 502 g/mol. The number of hydrogen-bond donors (Lipinski definition) is 2. The summed E-state index contributed by atoms with van der Waals surface area (Å²) in [6, 6.07) is 28.0. The highest BCUT2D eigenvalue weighted by Crippen LogP contribution is 2.36. The van der Waals surface area contributed by atoms with Crippen LogP contribution in [-0.2, 0) is 16.1 Å². The first-order valence-corrected chi connectivity index (χ1v) is 13.8. The average molecular weight is 529 g/mol. The van der Waals surface area contributed by atoms with Gasteiger partial charge in [0.1, 0.15) is 17.1 Å². The Morgan fingerprint density at radius 3 is 2.43 bits per heavy atom. The van der Waals surface area contributed by atoms with Crippen molar-refractivity contribution in [2.45, 2.75) is 18.6 Å². The predicted octanol–water partition coefficient (Wildman–Crippen LogP) is 6.14. The molecule has 2 N–H and O–H groups in total. The van der Waals surface area contributed by atoms with Crippen LogP contribution in [0.25, 0.3) is 22.2 Å². The number of thioether (sulfide) groups is 1. The van der Waals surface area contributed by atoms with Crippen molar-refractivity contribution in [2.75, 3.05) is 17.7 Å². The van der Waals surface area contributed by atoms with Gasteiger partial charge >= 0.3 is 11.1 Å². The maximum atomic E-state index is 13.0. The topological polar surface area (TPSA) is 75.1 Å². The van der Waals surface area contributed by atoms with E-state index >= 15 is 0 Å². The minimum Gasteiger partial charge on any atom is -0.462 e. The van der Waals surface area contributed by atoms with Crippen LogP contribution in [0.1, 0.15) is 22.8 Å². The van der Waals surface area contributed by atoms with Crippen LogP contribution in [0.4, 0.5) is 5.00 Å². The third-order valence-corrected chi connectivity index (χ3v) is 7.71. The monoisotopic (exact) mass is 528 g/mol. The van der Waals surface area contributed by atoms with Gasteiger partial charge in [0.15, 0.2) is 11.0 Å². The Kier molecular flexibility index (Phi) is 7.67. The molecule has 1 amide bonds. The Hall–Kier alpha value is -3.88. The van der Waals surface area contributed by atoms with Crippen molar-refractivity contribution in [3.8, 4) is 11.1 Å². The highest BCUT2D eigenvalue weighted by Gasteiger charge is 2.24. The van der Waals surface area contributed by atoms with Gasteiger partial charge in [-0.15, -0.1) is 11.3 Å². The first-order valence-electron chi connectivity index (χ1n) is 11.9. The number of carbonyl (C=O) groups is 2. The van der Waals surface area contributed by atoms with Gasteiger partial charge in [-0.2, -0.15) is 0 Å². The number of esters is 1. The highest BCUT2D eigenvalue weighted by molar-refractivity contribution is 7.99. The maximum Gasteiger partial charge on any atom is 0.341 e. The van der Waals surface area contributed by atoms with Gasteiger partial charge in [-0.25, -0.2) is 14.3 Å². The van der Waals surface area contributed by atoms with Crippen molar-refractivity contribution in [3.05, 3.63) is 101 Å². The fraction of sp³-hybridized carbons (Fsp3) is 0.138. The summed E-state index contributed by atoms with van der Waals surface area (Å²) in [6.07, 6.45) is 0. The molecule has 0 atom stereocenters. The molecule has 0 fully saturated rings. The molecule has 0 saturated carbocycles. The number of para-hydroxylation sites is 2. The third kappa shape index (κ3) is 5.60. The number of nitrogens with one attached hydrogen (secondary N) is 2. The lowest BCUT2D eigenvalue weighted by Gasteiger charge is -2.08. The number of carbonyl (C=O) groups excluding carboxylic acids is 2. The summed E-state index contributed by atoms with van der Waals surface area (Å²) in [5.41, 5.74) is 5.30. The smallest absolute Gasteiger partial charge is 0.341 e. The molecule has 2 aromatic heterocycles. The van der Waals surface area contributed by atoms with Crippen LogP contribution in [0.15, 0.2) is 95.5 Å². The van der Waals surface area contributed by atoms with Crippen molar-refractivity contribution in [3.63, 3.8) is 0 Å². The van der Waals surface area contributed by atoms with Gasteiger partial charge in [0.2, 0.25) is 5.91 Å². The van der Waals surface area contributed by atoms with E-state index in [0.717, 1.165) is 27.3 Å². The third-order valence-electron chi connectivity index (χ3n) is 5.81. The lowest BCUT2D eigenvalue weighted by Crippen LogP contribution is -2.35. The van der Waals surface area contributed by atoms with Crippen molar-refractivity contribution in [2.24, 2.45) is 0 Å². The van der Waals surface area contributed by atoms with Crippen molar-refractivity contribution in [1.29, 1.82) is 0 Å². The van der Waals surface area contributed by atoms with Gasteiger partial charge in [-0.1, -0.05) is 72.8 Å². The molecule has 0 saturated heterocycles. The van der Waals surface area contributed by atoms with Crippen molar-refractivity contribution >= 4 is 51.0 Å². The quantitative estimate of drug-likeness (QED) is 0.137. The Morgan fingerprint density at radius 1 is 0.973 bits per heavy atom. The molecular formula is C29H26N3O3S2+. The molecule has 186 valence electrons. The van der Waals surface area contributed by atoms with Crippen LogP contribution < -0.4 is 9.88 Å². The molecule has 3 aromatic carbocycles. The van der Waals surface area contributed by atoms with Crippen LogP contribution >= 0.6 is 23.1 Å². The molecule has 0 bridgehead atoms. The number of hydrogen-bond acceptors (Lipinski definition) is 5. The summed E-state index contributed by atoms with van der Waals surface area (Å²) < 4.78 is 7.49. The van der Waals surface area contributed by atoms with Gasteiger partial charge in [0.05, 0.1) is 12.4 Å². The van der Waals surface area contributed by atoms with E-state index in [9.17, 15) is 9.59 Å². The number of ether oxygens (including phenoxy) is 1. The number of H-pyrrole nitrogens is 1. The number of amides is 1. The van der Waals surface area contributed by atoms with Crippen molar-refractivity contribution < 1.29 is 18.9 Å². The number of aromatic amines is 1. The van der Waals surface area contributed by atoms with E-state index in [1.807, 2.05) is 72.1 Å². The zero-order valence-electron chi connectivity index (χ0n) is 20.3. The molecule has 0 unspecified atom stereocenters. The number of benzene rings is 3. The largest absolute Gasteiger partial charge is 0.462 e. The summed E-state index contributed by atoms with van der Waals surface area (Å²) in [5.74, 6) is -0.452. The van der Waals surface area contributed by atoms with E-state index in [-0.39, 0.29) is 18.3 Å². The number of aromatic nitrogens is 2. The van der Waals surface area contributed by atoms with Crippen LogP contribution in [0, 0.1) is 0 Å². The highest BCUT2D eigenvalue weighted by atomic mass is 32.2. The van der Waals surface area contributed by atoms with E-state index in [1.165, 1.54) is 28.7 Å². The SMILES string of the molecule is CCOC(=O)c1c(-c2ccccc2)csc1NC(=O)CSc1[nH]c2ccccc2[n+]1Cc1ccccc1. The number of nitrogens with zero attached hydrogens (tertiary/aromatic N) is 1. The Morgan fingerprint density at radius 2 is 1.68 bits per heavy atom. The van der Waals surface area contributed by atoms with Gasteiger partial charge < -0.3 is 10.1 Å². The molecule has 8 heteroatoms. The fourth-order valence-corrected chi connectivity index (χ4v) is 5.94. The number of imidazole rings is 1. The van der Waals surface area contributed by atoms with Gasteiger partial charge in [-0.05, 0) is 41.9 Å². The fourth-order valence-electron chi connectivity index (χ4n) is 4.13. The number of fused-ring (bicyclic) bond motifs is 1. The van der Waals surface area contributed by atoms with Crippen LogP contribution in [0.5, 0.6) is 0 Å². The number of thiophene rings is 1. The molecule has 5 rings (SSSR count). The minimum atomic E-state index is -0.443. The summed E-state index contributed by atoms with van der Waals surface area (Å²) in [6.45, 7) is 2.72. The van der Waals surface area contributed by atoms with Crippen LogP contribution in [0.3, 0.4) is 0 Å². The van der Waals surface area contributed by atoms with E-state index in [2.05, 4.69) is 33.1 Å². The molecule has 0 radical (unpaired) electrons. The zero-order valence-corrected chi connectivity index (χ0v) is 21.9. The average Bonchev–Trinajstić information content (AvgIpc) is 3.50. The molecule has 2 heterocycles.